The summed E-state index contributed by atoms with van der Waals surface area (Å²) in [5.41, 5.74) is 0.747. The highest BCUT2D eigenvalue weighted by atomic mass is 35.5. The van der Waals surface area contributed by atoms with E-state index in [1.807, 2.05) is 0 Å². The largest absolute Gasteiger partial charge is 0.465 e. The van der Waals surface area contributed by atoms with Crippen molar-refractivity contribution in [3.8, 4) is 0 Å². The van der Waals surface area contributed by atoms with Gasteiger partial charge in [-0.25, -0.2) is 19.7 Å². The van der Waals surface area contributed by atoms with Gasteiger partial charge in [0.15, 0.2) is 0 Å². The Kier molecular flexibility index (Phi) is 2.65. The van der Waals surface area contributed by atoms with Gasteiger partial charge in [-0.05, 0) is 6.42 Å². The standard InChI is InChI=1S/C13H12ClN5O2/c14-11-3-8-7(4-15-11)12(17-6-16-8)19-5-10-9(19)1-2-18(10)13(20)21/h3-4,6,9-10H,1-2,5H2,(H,20,21)/t9-,10-/m1/s1. The summed E-state index contributed by atoms with van der Waals surface area (Å²) in [7, 11) is 0. The predicted molar refractivity (Wildman–Crippen MR) is 76.6 cm³/mol. The molecule has 8 heteroatoms. The van der Waals surface area contributed by atoms with Gasteiger partial charge in [-0.2, -0.15) is 0 Å². The average molecular weight is 306 g/mol. The van der Waals surface area contributed by atoms with E-state index < -0.39 is 6.09 Å². The fourth-order valence-corrected chi connectivity index (χ4v) is 3.40. The predicted octanol–water partition coefficient (Wildman–Crippen LogP) is 1.62. The van der Waals surface area contributed by atoms with E-state index >= 15 is 0 Å². The van der Waals surface area contributed by atoms with Crippen LogP contribution in [0.5, 0.6) is 0 Å². The second-order valence-corrected chi connectivity index (χ2v) is 5.66. The summed E-state index contributed by atoms with van der Waals surface area (Å²) < 4.78 is 0. The Morgan fingerprint density at radius 1 is 1.33 bits per heavy atom. The van der Waals surface area contributed by atoms with E-state index in [4.69, 9.17) is 16.7 Å². The SMILES string of the molecule is O=C(O)N1CC[C@@H]2[C@H]1CN2c1ncnc2cc(Cl)ncc12. The van der Waals surface area contributed by atoms with E-state index in [0.29, 0.717) is 18.2 Å². The molecule has 0 radical (unpaired) electrons. The molecule has 1 amide bonds. The fraction of sp³-hybridized carbons (Fsp3) is 0.385. The first-order chi connectivity index (χ1) is 10.1. The van der Waals surface area contributed by atoms with Crippen LogP contribution >= 0.6 is 11.6 Å². The molecular formula is C13H12ClN5O2. The van der Waals surface area contributed by atoms with Crippen molar-refractivity contribution in [2.24, 2.45) is 0 Å². The molecule has 2 aromatic rings. The molecule has 2 aromatic heterocycles. The van der Waals surface area contributed by atoms with Crippen molar-refractivity contribution in [1.82, 2.24) is 19.9 Å². The highest BCUT2D eigenvalue weighted by Crippen LogP contribution is 2.37. The molecule has 2 aliphatic heterocycles. The molecule has 0 aromatic carbocycles. The number of nitrogens with zero attached hydrogens (tertiary/aromatic N) is 5. The molecule has 1 N–H and O–H groups in total. The molecule has 2 atom stereocenters. The molecule has 0 unspecified atom stereocenters. The quantitative estimate of drug-likeness (QED) is 0.806. The number of anilines is 1. The number of hydrogen-bond donors (Lipinski definition) is 1. The van der Waals surface area contributed by atoms with Gasteiger partial charge in [0.1, 0.15) is 17.3 Å². The lowest BCUT2D eigenvalue weighted by Crippen LogP contribution is -2.63. The van der Waals surface area contributed by atoms with E-state index in [2.05, 4.69) is 19.9 Å². The van der Waals surface area contributed by atoms with Crippen LogP contribution in [0.25, 0.3) is 10.9 Å². The number of pyridine rings is 1. The van der Waals surface area contributed by atoms with Crippen LogP contribution in [0.4, 0.5) is 10.6 Å². The monoisotopic (exact) mass is 305 g/mol. The van der Waals surface area contributed by atoms with Crippen LogP contribution in [0.15, 0.2) is 18.6 Å². The first-order valence-electron chi connectivity index (χ1n) is 6.67. The number of hydrogen-bond acceptors (Lipinski definition) is 5. The van der Waals surface area contributed by atoms with Crippen LogP contribution in [0, 0.1) is 0 Å². The first-order valence-corrected chi connectivity index (χ1v) is 7.05. The molecule has 0 aliphatic carbocycles. The zero-order valence-corrected chi connectivity index (χ0v) is 11.7. The van der Waals surface area contributed by atoms with Gasteiger partial charge >= 0.3 is 6.09 Å². The summed E-state index contributed by atoms with van der Waals surface area (Å²) in [6.07, 6.45) is 3.15. The van der Waals surface area contributed by atoms with Crippen molar-refractivity contribution in [3.63, 3.8) is 0 Å². The number of carbonyl (C=O) groups is 1. The number of fused-ring (bicyclic) bond motifs is 2. The number of aromatic nitrogens is 3. The minimum absolute atomic E-state index is 0.0628. The Labute approximate surface area is 125 Å². The zero-order valence-electron chi connectivity index (χ0n) is 11.0. The van der Waals surface area contributed by atoms with E-state index in [1.54, 1.807) is 12.3 Å². The van der Waals surface area contributed by atoms with E-state index in [1.165, 1.54) is 11.2 Å². The molecular weight excluding hydrogens is 294 g/mol. The minimum Gasteiger partial charge on any atom is -0.465 e. The van der Waals surface area contributed by atoms with Gasteiger partial charge in [0.25, 0.3) is 0 Å². The molecule has 4 heterocycles. The number of amides is 1. The summed E-state index contributed by atoms with van der Waals surface area (Å²) in [6, 6.07) is 1.96. The number of halogens is 1. The van der Waals surface area contributed by atoms with Crippen LogP contribution in [0.1, 0.15) is 6.42 Å². The van der Waals surface area contributed by atoms with Crippen LogP contribution in [-0.4, -0.2) is 56.2 Å². The molecule has 2 aliphatic rings. The van der Waals surface area contributed by atoms with Crippen LogP contribution in [-0.2, 0) is 0 Å². The Bertz CT molecular complexity index is 740. The van der Waals surface area contributed by atoms with Crippen LogP contribution in [0.2, 0.25) is 5.15 Å². The maximum absolute atomic E-state index is 11.1. The first kappa shape index (κ1) is 12.6. The number of carboxylic acid groups (broad SMARTS) is 1. The van der Waals surface area contributed by atoms with Crippen molar-refractivity contribution in [1.29, 1.82) is 0 Å². The van der Waals surface area contributed by atoms with Crippen molar-refractivity contribution in [3.05, 3.63) is 23.7 Å². The summed E-state index contributed by atoms with van der Waals surface area (Å²) in [4.78, 5) is 27.4. The topological polar surface area (TPSA) is 82.5 Å². The average Bonchev–Trinajstić information content (AvgIpc) is 2.76. The highest BCUT2D eigenvalue weighted by molar-refractivity contribution is 6.30. The maximum atomic E-state index is 11.1. The molecule has 0 bridgehead atoms. The van der Waals surface area contributed by atoms with Gasteiger partial charge in [0, 0.05) is 25.4 Å². The van der Waals surface area contributed by atoms with E-state index in [0.717, 1.165) is 23.1 Å². The van der Waals surface area contributed by atoms with Gasteiger partial charge in [0.2, 0.25) is 0 Å². The minimum atomic E-state index is -0.844. The van der Waals surface area contributed by atoms with Gasteiger partial charge in [-0.15, -0.1) is 0 Å². The zero-order chi connectivity index (χ0) is 14.6. The lowest BCUT2D eigenvalue weighted by molar-refractivity contribution is 0.129. The molecule has 0 spiro atoms. The fourth-order valence-electron chi connectivity index (χ4n) is 3.24. The second-order valence-electron chi connectivity index (χ2n) is 5.27. The molecule has 7 nitrogen and oxygen atoms in total. The van der Waals surface area contributed by atoms with Crippen molar-refractivity contribution < 1.29 is 9.90 Å². The summed E-state index contributed by atoms with van der Waals surface area (Å²) in [6.45, 7) is 1.24. The van der Waals surface area contributed by atoms with Crippen molar-refractivity contribution in [2.75, 3.05) is 18.0 Å². The van der Waals surface area contributed by atoms with E-state index in [-0.39, 0.29) is 12.1 Å². The third kappa shape index (κ3) is 1.80. The van der Waals surface area contributed by atoms with Gasteiger partial charge in [0.05, 0.1) is 23.0 Å². The molecule has 108 valence electrons. The lowest BCUT2D eigenvalue weighted by Gasteiger charge is -2.47. The molecule has 21 heavy (non-hydrogen) atoms. The third-order valence-corrected chi connectivity index (χ3v) is 4.49. The highest BCUT2D eigenvalue weighted by Gasteiger charge is 2.49. The van der Waals surface area contributed by atoms with Gasteiger partial charge < -0.3 is 14.9 Å². The third-order valence-electron chi connectivity index (χ3n) is 4.28. The second kappa shape index (κ2) is 4.42. The smallest absolute Gasteiger partial charge is 0.407 e. The normalized spacial score (nSPS) is 24.0. The Morgan fingerprint density at radius 3 is 3.00 bits per heavy atom. The molecule has 0 saturated carbocycles. The molecule has 2 saturated heterocycles. The van der Waals surface area contributed by atoms with Gasteiger partial charge in [-0.1, -0.05) is 11.6 Å². The van der Waals surface area contributed by atoms with E-state index in [9.17, 15) is 4.79 Å². The lowest BCUT2D eigenvalue weighted by atomic mass is 9.97. The molecule has 4 rings (SSSR count). The van der Waals surface area contributed by atoms with Crippen molar-refractivity contribution >= 4 is 34.4 Å². The van der Waals surface area contributed by atoms with Gasteiger partial charge in [-0.3, -0.25) is 0 Å². The summed E-state index contributed by atoms with van der Waals surface area (Å²) >= 11 is 5.88. The summed E-state index contributed by atoms with van der Waals surface area (Å²) in [5, 5.41) is 10.4. The Hall–Kier alpha value is -2.15. The Morgan fingerprint density at radius 2 is 2.19 bits per heavy atom. The maximum Gasteiger partial charge on any atom is 0.407 e. The summed E-state index contributed by atoms with van der Waals surface area (Å²) in [5.74, 6) is 0.803. The van der Waals surface area contributed by atoms with Crippen molar-refractivity contribution in [2.45, 2.75) is 18.5 Å². The Balaban J connectivity index is 1.69. The number of likely N-dealkylation sites (tertiary alicyclic amines) is 1. The van der Waals surface area contributed by atoms with Crippen LogP contribution in [0.3, 0.4) is 0 Å². The van der Waals surface area contributed by atoms with Crippen LogP contribution < -0.4 is 4.90 Å². The molecule has 2 fully saturated rings. The number of rotatable bonds is 1.